The number of carbonyl (C=O) groups excluding carboxylic acids is 2. The van der Waals surface area contributed by atoms with Crippen LogP contribution in [0.15, 0.2) is 84.6 Å². The highest BCUT2D eigenvalue weighted by Crippen LogP contribution is 2.32. The smallest absolute Gasteiger partial charge is 0.278 e. The maximum Gasteiger partial charge on any atom is 0.278 e. The number of hydrogen-bond acceptors (Lipinski definition) is 3. The third-order valence-corrected chi connectivity index (χ3v) is 5.11. The first-order valence-electron chi connectivity index (χ1n) is 9.27. The molecule has 0 aromatic heterocycles. The largest absolute Gasteiger partial charge is 0.350 e. The minimum Gasteiger partial charge on any atom is -0.350 e. The lowest BCUT2D eigenvalue weighted by Gasteiger charge is -2.16. The van der Waals surface area contributed by atoms with Crippen molar-refractivity contribution in [2.75, 3.05) is 5.32 Å². The second kappa shape index (κ2) is 7.94. The number of hydrogen-bond donors (Lipinski definition) is 1. The fourth-order valence-electron chi connectivity index (χ4n) is 3.34. The number of halogens is 1. The Hall–Kier alpha value is -3.37. The van der Waals surface area contributed by atoms with Gasteiger partial charge in [0, 0.05) is 10.7 Å². The van der Waals surface area contributed by atoms with E-state index in [0.29, 0.717) is 21.8 Å². The summed E-state index contributed by atoms with van der Waals surface area (Å²) in [5.74, 6) is -0.663. The molecule has 1 aliphatic heterocycles. The fourth-order valence-corrected chi connectivity index (χ4v) is 3.51. The number of benzene rings is 3. The van der Waals surface area contributed by atoms with E-state index in [9.17, 15) is 9.59 Å². The summed E-state index contributed by atoms with van der Waals surface area (Å²) in [7, 11) is 0. The van der Waals surface area contributed by atoms with E-state index in [1.54, 1.807) is 12.1 Å². The lowest BCUT2D eigenvalue weighted by Crippen LogP contribution is -2.32. The van der Waals surface area contributed by atoms with E-state index in [0.717, 1.165) is 11.1 Å². The van der Waals surface area contributed by atoms with E-state index < -0.39 is 0 Å². The number of nitrogens with one attached hydrogen (secondary N) is 1. The second-order valence-corrected chi connectivity index (χ2v) is 7.32. The third-order valence-electron chi connectivity index (χ3n) is 4.87. The molecule has 3 aromatic rings. The van der Waals surface area contributed by atoms with Crippen LogP contribution in [-0.4, -0.2) is 16.7 Å². The van der Waals surface area contributed by atoms with Crippen LogP contribution in [-0.2, 0) is 16.1 Å². The average Bonchev–Trinajstić information content (AvgIpc) is 2.96. The summed E-state index contributed by atoms with van der Waals surface area (Å²) < 4.78 is 0. The molecular formula is C24H19ClN2O2. The Morgan fingerprint density at radius 3 is 2.21 bits per heavy atom. The highest BCUT2D eigenvalue weighted by molar-refractivity contribution is 6.36. The number of aryl methyl sites for hydroxylation is 1. The standard InChI is InChI=1S/C24H19ClN2O2/c1-16-12-13-19(25)14-20(16)26-22-21(18-10-6-3-7-11-18)23(28)27(24(22)29)15-17-8-4-2-5-9-17/h2-14,26H,15H2,1H3. The van der Waals surface area contributed by atoms with Crippen molar-refractivity contribution in [3.63, 3.8) is 0 Å². The monoisotopic (exact) mass is 402 g/mol. The van der Waals surface area contributed by atoms with E-state index in [2.05, 4.69) is 5.32 Å². The highest BCUT2D eigenvalue weighted by atomic mass is 35.5. The van der Waals surface area contributed by atoms with E-state index >= 15 is 0 Å². The van der Waals surface area contributed by atoms with Crippen LogP contribution in [0.5, 0.6) is 0 Å². The first-order valence-corrected chi connectivity index (χ1v) is 9.65. The molecule has 0 unspecified atom stereocenters. The van der Waals surface area contributed by atoms with Crippen LogP contribution in [0.1, 0.15) is 16.7 Å². The molecule has 0 saturated heterocycles. The van der Waals surface area contributed by atoms with Crippen molar-refractivity contribution >= 4 is 34.7 Å². The van der Waals surface area contributed by atoms with Crippen molar-refractivity contribution in [1.29, 1.82) is 0 Å². The first kappa shape index (κ1) is 19.0. The molecule has 29 heavy (non-hydrogen) atoms. The number of imide groups is 1. The van der Waals surface area contributed by atoms with Crippen LogP contribution < -0.4 is 5.32 Å². The quantitative estimate of drug-likeness (QED) is 0.608. The Bertz CT molecular complexity index is 1110. The zero-order chi connectivity index (χ0) is 20.4. The van der Waals surface area contributed by atoms with Crippen molar-refractivity contribution in [3.05, 3.63) is 106 Å². The Morgan fingerprint density at radius 2 is 1.52 bits per heavy atom. The number of rotatable bonds is 5. The molecule has 1 aliphatic rings. The topological polar surface area (TPSA) is 49.4 Å². The Labute approximate surface area is 174 Å². The van der Waals surface area contributed by atoms with Gasteiger partial charge in [-0.15, -0.1) is 0 Å². The molecule has 0 aliphatic carbocycles. The summed E-state index contributed by atoms with van der Waals surface area (Å²) >= 11 is 6.14. The fraction of sp³-hybridized carbons (Fsp3) is 0.0833. The van der Waals surface area contributed by atoms with Crippen molar-refractivity contribution in [1.82, 2.24) is 4.90 Å². The van der Waals surface area contributed by atoms with Gasteiger partial charge in [0.25, 0.3) is 11.8 Å². The van der Waals surface area contributed by atoms with Crippen LogP contribution in [0.25, 0.3) is 5.57 Å². The summed E-state index contributed by atoms with van der Waals surface area (Å²) in [6.45, 7) is 2.14. The van der Waals surface area contributed by atoms with Crippen LogP contribution in [0.4, 0.5) is 5.69 Å². The number of amides is 2. The lowest BCUT2D eigenvalue weighted by molar-refractivity contribution is -0.137. The molecule has 0 radical (unpaired) electrons. The maximum absolute atomic E-state index is 13.3. The van der Waals surface area contributed by atoms with Crippen LogP contribution >= 0.6 is 11.6 Å². The van der Waals surface area contributed by atoms with Crippen LogP contribution in [0.3, 0.4) is 0 Å². The van der Waals surface area contributed by atoms with Gasteiger partial charge in [0.2, 0.25) is 0 Å². The molecule has 4 rings (SSSR count). The highest BCUT2D eigenvalue weighted by Gasteiger charge is 2.39. The predicted octanol–water partition coefficient (Wildman–Crippen LogP) is 5.04. The molecule has 5 heteroatoms. The zero-order valence-electron chi connectivity index (χ0n) is 15.9. The van der Waals surface area contributed by atoms with Gasteiger partial charge in [-0.2, -0.15) is 0 Å². The Balaban J connectivity index is 1.76. The molecule has 2 amide bonds. The Kier molecular flexibility index (Phi) is 5.19. The van der Waals surface area contributed by atoms with Gasteiger partial charge in [0.15, 0.2) is 0 Å². The van der Waals surface area contributed by atoms with Gasteiger partial charge in [-0.05, 0) is 35.7 Å². The van der Waals surface area contributed by atoms with Gasteiger partial charge >= 0.3 is 0 Å². The molecule has 1 N–H and O–H groups in total. The summed E-state index contributed by atoms with van der Waals surface area (Å²) in [4.78, 5) is 27.8. The second-order valence-electron chi connectivity index (χ2n) is 6.88. The number of carbonyl (C=O) groups is 2. The van der Waals surface area contributed by atoms with E-state index in [4.69, 9.17) is 11.6 Å². The number of anilines is 1. The lowest BCUT2D eigenvalue weighted by atomic mass is 10.0. The normalized spacial score (nSPS) is 13.9. The molecule has 144 valence electrons. The Morgan fingerprint density at radius 1 is 0.862 bits per heavy atom. The van der Waals surface area contributed by atoms with E-state index in [1.807, 2.05) is 73.7 Å². The van der Waals surface area contributed by atoms with Crippen molar-refractivity contribution in [2.24, 2.45) is 0 Å². The first-order chi connectivity index (χ1) is 14.0. The third kappa shape index (κ3) is 3.80. The summed E-state index contributed by atoms with van der Waals surface area (Å²) in [6, 6.07) is 24.1. The minimum atomic E-state index is -0.350. The van der Waals surface area contributed by atoms with Crippen LogP contribution in [0, 0.1) is 6.92 Å². The molecule has 0 saturated carbocycles. The van der Waals surface area contributed by atoms with Crippen molar-refractivity contribution in [3.8, 4) is 0 Å². The van der Waals surface area contributed by atoms with Crippen molar-refractivity contribution < 1.29 is 9.59 Å². The van der Waals surface area contributed by atoms with Gasteiger partial charge in [-0.3, -0.25) is 14.5 Å². The molecule has 3 aromatic carbocycles. The SMILES string of the molecule is Cc1ccc(Cl)cc1NC1=C(c2ccccc2)C(=O)N(Cc2ccccc2)C1=O. The molecule has 0 fully saturated rings. The van der Waals surface area contributed by atoms with E-state index in [-0.39, 0.29) is 24.1 Å². The zero-order valence-corrected chi connectivity index (χ0v) is 16.6. The predicted molar refractivity (Wildman–Crippen MR) is 115 cm³/mol. The van der Waals surface area contributed by atoms with Gasteiger partial charge in [-0.1, -0.05) is 78.3 Å². The molecule has 0 spiro atoms. The molecule has 1 heterocycles. The van der Waals surface area contributed by atoms with E-state index in [1.165, 1.54) is 4.90 Å². The summed E-state index contributed by atoms with van der Waals surface area (Å²) in [5, 5.41) is 3.73. The average molecular weight is 403 g/mol. The summed E-state index contributed by atoms with van der Waals surface area (Å²) in [5.41, 5.74) is 3.85. The van der Waals surface area contributed by atoms with Gasteiger partial charge in [0.05, 0.1) is 12.1 Å². The molecule has 0 bridgehead atoms. The maximum atomic E-state index is 13.3. The van der Waals surface area contributed by atoms with Gasteiger partial charge in [-0.25, -0.2) is 0 Å². The van der Waals surface area contributed by atoms with Crippen molar-refractivity contribution in [2.45, 2.75) is 13.5 Å². The van der Waals surface area contributed by atoms with Gasteiger partial charge in [0.1, 0.15) is 5.70 Å². The van der Waals surface area contributed by atoms with Gasteiger partial charge < -0.3 is 5.32 Å². The molecule has 0 atom stereocenters. The minimum absolute atomic E-state index is 0.217. The van der Waals surface area contributed by atoms with Crippen LogP contribution in [0.2, 0.25) is 5.02 Å². The molecular weight excluding hydrogens is 384 g/mol. The molecule has 4 nitrogen and oxygen atoms in total. The number of nitrogens with zero attached hydrogens (tertiary/aromatic N) is 1. The summed E-state index contributed by atoms with van der Waals surface area (Å²) in [6.07, 6.45) is 0.